The molecule has 0 saturated carbocycles. The van der Waals surface area contributed by atoms with E-state index in [2.05, 4.69) is 142 Å². The first-order valence-electron chi connectivity index (χ1n) is 30.1. The summed E-state index contributed by atoms with van der Waals surface area (Å²) in [5.74, 6) is -1.000. The maximum atomic E-state index is 12.9. The Morgan fingerprint density at radius 3 is 1.01 bits per heavy atom. The van der Waals surface area contributed by atoms with Crippen molar-refractivity contribution in [1.29, 1.82) is 0 Å². The highest BCUT2D eigenvalue weighted by Gasteiger charge is 2.19. The molecule has 0 heterocycles. The summed E-state index contributed by atoms with van der Waals surface area (Å²) >= 11 is 0. The van der Waals surface area contributed by atoms with Gasteiger partial charge in [0.1, 0.15) is 13.2 Å². The van der Waals surface area contributed by atoms with E-state index < -0.39 is 6.10 Å². The van der Waals surface area contributed by atoms with E-state index in [4.69, 9.17) is 14.2 Å². The molecule has 414 valence electrons. The van der Waals surface area contributed by atoms with Crippen LogP contribution >= 0.6 is 0 Å². The molecule has 0 saturated heterocycles. The Hall–Kier alpha value is -4.19. The maximum Gasteiger partial charge on any atom is 0.306 e. The Morgan fingerprint density at radius 1 is 0.301 bits per heavy atom. The summed E-state index contributed by atoms with van der Waals surface area (Å²) in [6.07, 6.45) is 83.4. The molecule has 0 spiro atoms. The lowest BCUT2D eigenvalue weighted by Crippen LogP contribution is -2.30. The van der Waals surface area contributed by atoms with Crippen molar-refractivity contribution in [3.05, 3.63) is 122 Å². The molecule has 0 amide bonds. The quantitative estimate of drug-likeness (QED) is 0.0199. The van der Waals surface area contributed by atoms with Crippen LogP contribution in [0.3, 0.4) is 0 Å². The van der Waals surface area contributed by atoms with Gasteiger partial charge >= 0.3 is 17.9 Å². The van der Waals surface area contributed by atoms with Crippen molar-refractivity contribution in [2.75, 3.05) is 13.2 Å². The topological polar surface area (TPSA) is 78.9 Å². The molecule has 0 bridgehead atoms. The van der Waals surface area contributed by atoms with Crippen LogP contribution in [0.15, 0.2) is 122 Å². The van der Waals surface area contributed by atoms with Crippen LogP contribution in [0.5, 0.6) is 0 Å². The van der Waals surface area contributed by atoms with Crippen LogP contribution in [0.25, 0.3) is 0 Å². The van der Waals surface area contributed by atoms with Gasteiger partial charge in [-0.05, 0) is 122 Å². The fourth-order valence-electron chi connectivity index (χ4n) is 7.95. The molecule has 1 atom stereocenters. The van der Waals surface area contributed by atoms with Crippen LogP contribution in [-0.2, 0) is 28.6 Å². The number of carbonyl (C=O) groups excluding carboxylic acids is 3. The second kappa shape index (κ2) is 60.4. The van der Waals surface area contributed by atoms with Crippen LogP contribution in [-0.4, -0.2) is 37.2 Å². The summed E-state index contributed by atoms with van der Waals surface area (Å²) in [5, 5.41) is 0. The van der Waals surface area contributed by atoms with Gasteiger partial charge in [0.05, 0.1) is 0 Å². The first kappa shape index (κ1) is 68.8. The molecule has 0 aromatic rings. The smallest absolute Gasteiger partial charge is 0.306 e. The molecule has 6 nitrogen and oxygen atoms in total. The largest absolute Gasteiger partial charge is 0.462 e. The summed E-state index contributed by atoms with van der Waals surface area (Å²) in [7, 11) is 0. The highest BCUT2D eigenvalue weighted by molar-refractivity contribution is 5.71. The fraction of sp³-hybridized carbons (Fsp3) is 0.657. The minimum Gasteiger partial charge on any atom is -0.462 e. The van der Waals surface area contributed by atoms with E-state index in [-0.39, 0.29) is 37.5 Å². The van der Waals surface area contributed by atoms with E-state index in [9.17, 15) is 14.4 Å². The minimum atomic E-state index is -0.819. The van der Waals surface area contributed by atoms with Crippen molar-refractivity contribution in [3.63, 3.8) is 0 Å². The van der Waals surface area contributed by atoms with Crippen molar-refractivity contribution in [2.24, 2.45) is 0 Å². The van der Waals surface area contributed by atoms with Gasteiger partial charge in [-0.2, -0.15) is 0 Å². The van der Waals surface area contributed by atoms with Gasteiger partial charge in [-0.25, -0.2) is 0 Å². The van der Waals surface area contributed by atoms with Gasteiger partial charge in [-0.3, -0.25) is 14.4 Å². The van der Waals surface area contributed by atoms with Gasteiger partial charge in [0, 0.05) is 19.3 Å². The van der Waals surface area contributed by atoms with Gasteiger partial charge < -0.3 is 14.2 Å². The summed E-state index contributed by atoms with van der Waals surface area (Å²) < 4.78 is 16.8. The number of carbonyl (C=O) groups is 3. The Bertz CT molecular complexity index is 1540. The monoisotopic (exact) mass is 1010 g/mol. The lowest BCUT2D eigenvalue weighted by atomic mass is 10.1. The van der Waals surface area contributed by atoms with E-state index in [0.29, 0.717) is 19.3 Å². The predicted octanol–water partition coefficient (Wildman–Crippen LogP) is 20.4. The standard InChI is InChI=1S/C67H110O6/c1-4-7-10-13-16-19-22-25-28-31-33-36-39-42-45-48-51-54-57-60-66(69)72-63-64(62-71-65(68)59-56-53-50-47-44-41-38-35-30-27-24-21-18-15-12-9-6-3)73-67(70)61-58-55-52-49-46-43-40-37-34-32-29-26-23-20-17-14-11-8-5-2/h7,10,16-17,19-20,23,25-28,30,33,36,38,41-42,45,47,50,64H,4-6,8-9,11-15,18,21-22,24,29,31-32,34-35,37,39-40,43-44,46,48-49,51-63H2,1-3H3/b10-7-,19-16-,20-17-,26-23-,28-25-,30-27-,36-33-,41-38-,45-42-,50-47-. The summed E-state index contributed by atoms with van der Waals surface area (Å²) in [6.45, 7) is 6.42. The van der Waals surface area contributed by atoms with Crippen molar-refractivity contribution in [3.8, 4) is 0 Å². The van der Waals surface area contributed by atoms with E-state index >= 15 is 0 Å². The molecule has 0 aliphatic heterocycles. The first-order chi connectivity index (χ1) is 36.0. The summed E-state index contributed by atoms with van der Waals surface area (Å²) in [4.78, 5) is 38.2. The lowest BCUT2D eigenvalue weighted by molar-refractivity contribution is -0.167. The van der Waals surface area contributed by atoms with E-state index in [1.807, 2.05) is 0 Å². The fourth-order valence-corrected chi connectivity index (χ4v) is 7.95. The van der Waals surface area contributed by atoms with Crippen molar-refractivity contribution < 1.29 is 28.6 Å². The molecular weight excluding hydrogens is 901 g/mol. The zero-order valence-electron chi connectivity index (χ0n) is 47.4. The third-order valence-corrected chi connectivity index (χ3v) is 12.4. The number of esters is 3. The molecule has 73 heavy (non-hydrogen) atoms. The molecule has 0 radical (unpaired) electrons. The number of allylic oxidation sites excluding steroid dienone is 20. The third-order valence-electron chi connectivity index (χ3n) is 12.4. The van der Waals surface area contributed by atoms with Gasteiger partial charge in [-0.15, -0.1) is 0 Å². The second-order valence-corrected chi connectivity index (χ2v) is 19.5. The van der Waals surface area contributed by atoms with E-state index in [1.54, 1.807) is 0 Å². The van der Waals surface area contributed by atoms with E-state index in [0.717, 1.165) is 96.3 Å². The summed E-state index contributed by atoms with van der Waals surface area (Å²) in [5.41, 5.74) is 0. The highest BCUT2D eigenvalue weighted by Crippen LogP contribution is 2.14. The number of hydrogen-bond donors (Lipinski definition) is 0. The highest BCUT2D eigenvalue weighted by atomic mass is 16.6. The molecule has 6 heteroatoms. The number of rotatable bonds is 53. The average Bonchev–Trinajstić information content (AvgIpc) is 3.39. The van der Waals surface area contributed by atoms with Crippen LogP contribution in [0.4, 0.5) is 0 Å². The van der Waals surface area contributed by atoms with Crippen molar-refractivity contribution in [2.45, 2.75) is 271 Å². The number of unbranched alkanes of at least 4 members (excludes halogenated alkanes) is 23. The van der Waals surface area contributed by atoms with Crippen LogP contribution in [0.2, 0.25) is 0 Å². The minimum absolute atomic E-state index is 0.115. The van der Waals surface area contributed by atoms with Crippen LogP contribution in [0.1, 0.15) is 265 Å². The van der Waals surface area contributed by atoms with Gasteiger partial charge in [0.25, 0.3) is 0 Å². The van der Waals surface area contributed by atoms with Crippen LogP contribution in [0, 0.1) is 0 Å². The zero-order chi connectivity index (χ0) is 52.9. The molecule has 1 unspecified atom stereocenters. The predicted molar refractivity (Wildman–Crippen MR) is 316 cm³/mol. The normalized spacial score (nSPS) is 13.0. The average molecular weight is 1010 g/mol. The lowest BCUT2D eigenvalue weighted by Gasteiger charge is -2.18. The van der Waals surface area contributed by atoms with Crippen LogP contribution < -0.4 is 0 Å². The number of ether oxygens (including phenoxy) is 3. The SMILES string of the molecule is CC/C=C\C/C=C\C/C=C\C/C=C\C/C=C\CCCCCC(=O)OCC(COC(=O)CCC/C=C\C/C=C\C/C=C\CCCCCCCC)OC(=O)CCCCCCCCCCCC/C=C\C=C/CCCCC. The molecule has 0 aromatic carbocycles. The van der Waals surface area contributed by atoms with Crippen molar-refractivity contribution >= 4 is 17.9 Å². The second-order valence-electron chi connectivity index (χ2n) is 19.5. The number of hydrogen-bond acceptors (Lipinski definition) is 6. The maximum absolute atomic E-state index is 12.9. The molecular formula is C67H110O6. The molecule has 0 N–H and O–H groups in total. The Labute approximate surface area is 450 Å². The van der Waals surface area contributed by atoms with Gasteiger partial charge in [0.2, 0.25) is 0 Å². The Kier molecular flexibility index (Phi) is 56.9. The first-order valence-corrected chi connectivity index (χ1v) is 30.1. The molecule has 0 rings (SSSR count). The van der Waals surface area contributed by atoms with Gasteiger partial charge in [0.15, 0.2) is 6.10 Å². The Balaban J connectivity index is 4.53. The molecule has 0 aliphatic rings. The third kappa shape index (κ3) is 58.6. The zero-order valence-corrected chi connectivity index (χ0v) is 47.4. The summed E-state index contributed by atoms with van der Waals surface area (Å²) in [6, 6.07) is 0. The Morgan fingerprint density at radius 2 is 0.589 bits per heavy atom. The van der Waals surface area contributed by atoms with E-state index in [1.165, 1.54) is 122 Å². The molecule has 0 aliphatic carbocycles. The molecule has 0 fully saturated rings. The van der Waals surface area contributed by atoms with Gasteiger partial charge in [-0.1, -0.05) is 245 Å². The van der Waals surface area contributed by atoms with Crippen molar-refractivity contribution in [1.82, 2.24) is 0 Å². The molecule has 0 aromatic heterocycles.